The highest BCUT2D eigenvalue weighted by molar-refractivity contribution is 7.89. The minimum absolute atomic E-state index is 0.134. The van der Waals surface area contributed by atoms with Crippen molar-refractivity contribution in [2.75, 3.05) is 18.4 Å². The van der Waals surface area contributed by atoms with Crippen molar-refractivity contribution in [3.05, 3.63) is 76.7 Å². The van der Waals surface area contributed by atoms with Crippen molar-refractivity contribution in [1.29, 1.82) is 0 Å². The molecule has 9 heteroatoms. The zero-order valence-corrected chi connectivity index (χ0v) is 18.4. The van der Waals surface area contributed by atoms with Crippen LogP contribution in [0, 0.1) is 12.8 Å². The number of aromatic nitrogens is 2. The van der Waals surface area contributed by atoms with Crippen LogP contribution < -0.4 is 10.9 Å². The van der Waals surface area contributed by atoms with Crippen LogP contribution in [-0.2, 0) is 14.8 Å². The maximum atomic E-state index is 12.9. The third-order valence-corrected chi connectivity index (χ3v) is 7.29. The molecule has 2 N–H and O–H groups in total. The van der Waals surface area contributed by atoms with Crippen molar-refractivity contribution in [1.82, 2.24) is 14.3 Å². The number of amides is 1. The molecule has 0 spiro atoms. The van der Waals surface area contributed by atoms with Crippen molar-refractivity contribution in [2.45, 2.75) is 24.7 Å². The second-order valence-electron chi connectivity index (χ2n) is 7.82. The highest BCUT2D eigenvalue weighted by Gasteiger charge is 2.33. The number of hydrogen-bond acceptors (Lipinski definition) is 5. The number of nitrogens with one attached hydrogen (secondary N) is 2. The van der Waals surface area contributed by atoms with Gasteiger partial charge in [0.2, 0.25) is 15.9 Å². The summed E-state index contributed by atoms with van der Waals surface area (Å²) in [6.07, 6.45) is 1.22. The molecular formula is C23H24N4O4S. The van der Waals surface area contributed by atoms with Gasteiger partial charge in [0, 0.05) is 36.1 Å². The van der Waals surface area contributed by atoms with E-state index in [9.17, 15) is 18.0 Å². The molecule has 1 fully saturated rings. The fraction of sp³-hybridized carbons (Fsp3) is 0.261. The van der Waals surface area contributed by atoms with E-state index in [1.165, 1.54) is 10.4 Å². The van der Waals surface area contributed by atoms with Crippen LogP contribution in [0.2, 0.25) is 0 Å². The Bertz CT molecular complexity index is 1290. The molecule has 2 heterocycles. The lowest BCUT2D eigenvalue weighted by Gasteiger charge is -2.31. The van der Waals surface area contributed by atoms with Gasteiger partial charge in [-0.05, 0) is 44.0 Å². The van der Waals surface area contributed by atoms with E-state index in [0.29, 0.717) is 42.2 Å². The first-order valence-electron chi connectivity index (χ1n) is 10.4. The molecule has 1 aliphatic rings. The summed E-state index contributed by atoms with van der Waals surface area (Å²) >= 11 is 0. The monoisotopic (exact) mass is 452 g/mol. The molecular weight excluding hydrogens is 428 g/mol. The summed E-state index contributed by atoms with van der Waals surface area (Å²) in [7, 11) is -3.64. The number of sulfonamides is 1. The van der Waals surface area contributed by atoms with Crippen LogP contribution >= 0.6 is 0 Å². The lowest BCUT2D eigenvalue weighted by atomic mass is 9.98. The number of piperidine rings is 1. The largest absolute Gasteiger partial charge is 0.326 e. The summed E-state index contributed by atoms with van der Waals surface area (Å²) in [6, 6.07) is 16.7. The first-order valence-corrected chi connectivity index (χ1v) is 11.8. The molecule has 1 amide bonds. The van der Waals surface area contributed by atoms with Crippen LogP contribution in [0.1, 0.15) is 18.5 Å². The Morgan fingerprint density at radius 1 is 1.12 bits per heavy atom. The number of H-pyrrole nitrogens is 1. The predicted molar refractivity (Wildman–Crippen MR) is 122 cm³/mol. The highest BCUT2D eigenvalue weighted by Crippen LogP contribution is 2.25. The third kappa shape index (κ3) is 4.79. The second kappa shape index (κ2) is 9.05. The van der Waals surface area contributed by atoms with Crippen LogP contribution in [0.25, 0.3) is 11.4 Å². The molecule has 1 aliphatic heterocycles. The number of benzene rings is 2. The van der Waals surface area contributed by atoms with E-state index in [4.69, 9.17) is 0 Å². The molecule has 1 saturated heterocycles. The topological polar surface area (TPSA) is 112 Å². The van der Waals surface area contributed by atoms with Gasteiger partial charge in [0.1, 0.15) is 5.82 Å². The molecule has 0 unspecified atom stereocenters. The summed E-state index contributed by atoms with van der Waals surface area (Å²) in [5.41, 5.74) is 1.57. The van der Waals surface area contributed by atoms with Gasteiger partial charge in [-0.1, -0.05) is 30.3 Å². The normalized spacial score (nSPS) is 17.1. The highest BCUT2D eigenvalue weighted by atomic mass is 32.2. The quantitative estimate of drug-likeness (QED) is 0.618. The second-order valence-corrected chi connectivity index (χ2v) is 9.76. The molecule has 0 bridgehead atoms. The number of hydrogen-bond donors (Lipinski definition) is 2. The van der Waals surface area contributed by atoms with Gasteiger partial charge in [0.05, 0.1) is 10.8 Å². The van der Waals surface area contributed by atoms with E-state index in [-0.39, 0.29) is 22.9 Å². The number of aryl methyl sites for hydroxylation is 1. The summed E-state index contributed by atoms with van der Waals surface area (Å²) < 4.78 is 27.2. The number of carbonyl (C=O) groups excluding carboxylic acids is 1. The Kier molecular flexibility index (Phi) is 6.20. The van der Waals surface area contributed by atoms with Crippen LogP contribution in [0.15, 0.2) is 70.4 Å². The Hall–Kier alpha value is -3.30. The molecule has 2 aromatic carbocycles. The zero-order chi connectivity index (χ0) is 22.7. The van der Waals surface area contributed by atoms with Gasteiger partial charge in [-0.2, -0.15) is 4.31 Å². The van der Waals surface area contributed by atoms with Gasteiger partial charge in [0.15, 0.2) is 0 Å². The maximum Gasteiger partial charge on any atom is 0.251 e. The van der Waals surface area contributed by atoms with Gasteiger partial charge in [-0.15, -0.1) is 0 Å². The molecule has 8 nitrogen and oxygen atoms in total. The van der Waals surface area contributed by atoms with E-state index >= 15 is 0 Å². The predicted octanol–water partition coefficient (Wildman–Crippen LogP) is 2.78. The minimum atomic E-state index is -3.64. The first-order chi connectivity index (χ1) is 15.3. The van der Waals surface area contributed by atoms with Crippen LogP contribution in [0.3, 0.4) is 0 Å². The number of aromatic amines is 1. The molecule has 32 heavy (non-hydrogen) atoms. The average molecular weight is 453 g/mol. The zero-order valence-electron chi connectivity index (χ0n) is 17.6. The molecule has 0 aliphatic carbocycles. The van der Waals surface area contributed by atoms with Gasteiger partial charge in [-0.3, -0.25) is 9.59 Å². The third-order valence-electron chi connectivity index (χ3n) is 5.41. The van der Waals surface area contributed by atoms with E-state index in [1.54, 1.807) is 61.5 Å². The fourth-order valence-corrected chi connectivity index (χ4v) is 5.37. The van der Waals surface area contributed by atoms with Crippen molar-refractivity contribution in [3.8, 4) is 11.4 Å². The average Bonchev–Trinajstić information content (AvgIpc) is 2.79. The lowest BCUT2D eigenvalue weighted by molar-refractivity contribution is -0.120. The van der Waals surface area contributed by atoms with Crippen molar-refractivity contribution in [3.63, 3.8) is 0 Å². The number of carbonyl (C=O) groups is 1. The van der Waals surface area contributed by atoms with E-state index < -0.39 is 15.9 Å². The Morgan fingerprint density at radius 2 is 1.91 bits per heavy atom. The van der Waals surface area contributed by atoms with E-state index in [2.05, 4.69) is 15.3 Å². The van der Waals surface area contributed by atoms with Crippen molar-refractivity contribution < 1.29 is 13.2 Å². The maximum absolute atomic E-state index is 12.9. The molecule has 1 atom stereocenters. The van der Waals surface area contributed by atoms with Crippen LogP contribution in [0.4, 0.5) is 5.69 Å². The molecule has 3 aromatic rings. The number of rotatable bonds is 5. The Morgan fingerprint density at radius 3 is 2.66 bits per heavy atom. The lowest BCUT2D eigenvalue weighted by Crippen LogP contribution is -2.43. The van der Waals surface area contributed by atoms with Crippen LogP contribution in [0.5, 0.6) is 0 Å². The minimum Gasteiger partial charge on any atom is -0.326 e. The standard InChI is InChI=1S/C23H24N4O4S/c1-16-13-21(28)26-22(24-16)17-7-5-9-19(14-17)25-23(29)18-8-6-12-27(15-18)32(30,31)20-10-3-2-4-11-20/h2-5,7,9-11,13-14,18H,6,8,12,15H2,1H3,(H,25,29)(H,24,26,28)/t18-/m1/s1. The number of nitrogens with zero attached hydrogens (tertiary/aromatic N) is 2. The Balaban J connectivity index is 1.49. The SMILES string of the molecule is Cc1cc(=O)[nH]c(-c2cccc(NC(=O)[C@@H]3CCCN(S(=O)(=O)c4ccccc4)C3)c2)n1. The Labute approximate surface area is 186 Å². The molecule has 0 saturated carbocycles. The molecule has 0 radical (unpaired) electrons. The summed E-state index contributed by atoms with van der Waals surface area (Å²) in [5.74, 6) is -0.271. The summed E-state index contributed by atoms with van der Waals surface area (Å²) in [6.45, 7) is 2.26. The van der Waals surface area contributed by atoms with E-state index in [0.717, 1.165) is 0 Å². The molecule has 4 rings (SSSR count). The van der Waals surface area contributed by atoms with Gasteiger partial charge < -0.3 is 10.3 Å². The smallest absolute Gasteiger partial charge is 0.251 e. The van der Waals surface area contributed by atoms with Gasteiger partial charge in [-0.25, -0.2) is 13.4 Å². The number of anilines is 1. The summed E-state index contributed by atoms with van der Waals surface area (Å²) in [5, 5.41) is 2.88. The first kappa shape index (κ1) is 21.9. The molecule has 1 aromatic heterocycles. The summed E-state index contributed by atoms with van der Waals surface area (Å²) in [4.78, 5) is 31.9. The van der Waals surface area contributed by atoms with Gasteiger partial charge >= 0.3 is 0 Å². The van der Waals surface area contributed by atoms with Crippen molar-refractivity contribution >= 4 is 21.6 Å². The van der Waals surface area contributed by atoms with Gasteiger partial charge in [0.25, 0.3) is 5.56 Å². The molecule has 166 valence electrons. The van der Waals surface area contributed by atoms with Crippen molar-refractivity contribution in [2.24, 2.45) is 5.92 Å². The van der Waals surface area contributed by atoms with Crippen LogP contribution in [-0.4, -0.2) is 41.7 Å². The fourth-order valence-electron chi connectivity index (χ4n) is 3.82. The van der Waals surface area contributed by atoms with E-state index in [1.807, 2.05) is 0 Å².